The quantitative estimate of drug-likeness (QED) is 0.610. The van der Waals surface area contributed by atoms with E-state index in [2.05, 4.69) is 0 Å². The molecule has 0 aromatic heterocycles. The average Bonchev–Trinajstić information content (AvgIpc) is 2.12. The van der Waals surface area contributed by atoms with E-state index in [-0.39, 0.29) is 5.52 Å². The first-order chi connectivity index (χ1) is 4.88. The topological polar surface area (TPSA) is 74.6 Å². The van der Waals surface area contributed by atoms with Gasteiger partial charge in [0.2, 0.25) is 0 Å². The van der Waals surface area contributed by atoms with Gasteiger partial charge in [0.05, 0.1) is 0 Å². The molecule has 0 saturated carbocycles. The van der Waals surface area contributed by atoms with E-state index in [0.717, 1.165) is 0 Å². The van der Waals surface area contributed by atoms with E-state index in [4.69, 9.17) is 9.79 Å². The Hall–Kier alpha value is 0.250. The Morgan fingerprint density at radius 3 is 2.27 bits per heavy atom. The Kier molecular flexibility index (Phi) is 2.24. The van der Waals surface area contributed by atoms with Gasteiger partial charge in [0.25, 0.3) is 0 Å². The van der Waals surface area contributed by atoms with Gasteiger partial charge in [-0.2, -0.15) is 0 Å². The summed E-state index contributed by atoms with van der Waals surface area (Å²) in [7, 11) is -4.09. The Morgan fingerprint density at radius 2 is 2.09 bits per heavy atom. The third kappa shape index (κ3) is 1.41. The fraction of sp³-hybridized carbons (Fsp3) is 0.800. The maximum atomic E-state index is 11.1. The minimum atomic E-state index is -4.09. The number of hydrogen-bond acceptors (Lipinski definition) is 2. The van der Waals surface area contributed by atoms with Crippen LogP contribution in [0.4, 0.5) is 0 Å². The molecule has 1 heterocycles. The second-order valence-corrected chi connectivity index (χ2v) is 12.5. The van der Waals surface area contributed by atoms with E-state index in [1.807, 2.05) is 0 Å². The van der Waals surface area contributed by atoms with Crippen LogP contribution in [0.3, 0.4) is 0 Å². The summed E-state index contributed by atoms with van der Waals surface area (Å²) in [5, 5.41) is 0. The molecule has 1 aliphatic rings. The van der Waals surface area contributed by atoms with Crippen LogP contribution in [0.1, 0.15) is 12.8 Å². The van der Waals surface area contributed by atoms with E-state index in [1.165, 1.54) is 6.66 Å². The van der Waals surface area contributed by atoms with Gasteiger partial charge in [0.15, 0.2) is 0 Å². The van der Waals surface area contributed by atoms with Gasteiger partial charge in [0, 0.05) is 0 Å². The van der Waals surface area contributed by atoms with E-state index in [0.29, 0.717) is 19.0 Å². The number of rotatable bonds is 1. The number of carbonyl (C=O) groups is 1. The van der Waals surface area contributed by atoms with Crippen LogP contribution in [0.25, 0.3) is 0 Å². The van der Waals surface area contributed by atoms with E-state index in [9.17, 15) is 9.36 Å². The first-order valence-electron chi connectivity index (χ1n) is 3.47. The Morgan fingerprint density at radius 1 is 1.55 bits per heavy atom. The zero-order chi connectivity index (χ0) is 8.70. The van der Waals surface area contributed by atoms with Crippen LogP contribution in [0, 0.1) is 0 Å². The predicted molar refractivity (Wildman–Crippen MR) is 45.4 cm³/mol. The Labute approximate surface area is 65.4 Å². The van der Waals surface area contributed by atoms with E-state index >= 15 is 0 Å². The fourth-order valence-electron chi connectivity index (χ4n) is 1.31. The normalized spacial score (nSPS) is 27.0. The van der Waals surface area contributed by atoms with Crippen LogP contribution in [0.2, 0.25) is 0 Å². The zero-order valence-corrected chi connectivity index (χ0v) is 8.17. The van der Waals surface area contributed by atoms with E-state index < -0.39 is 14.2 Å². The second kappa shape index (κ2) is 2.63. The Balaban J connectivity index is 3.00. The molecular formula is C5H12O4P2. The first-order valence-corrected chi connectivity index (χ1v) is 8.63. The molecule has 1 rings (SSSR count). The first kappa shape index (κ1) is 9.34. The van der Waals surface area contributed by atoms with Crippen LogP contribution in [0.15, 0.2) is 0 Å². The summed E-state index contributed by atoms with van der Waals surface area (Å²) in [5.41, 5.74) is -0.161. The van der Waals surface area contributed by atoms with Crippen LogP contribution >= 0.6 is 14.2 Å². The van der Waals surface area contributed by atoms with Crippen LogP contribution in [0.5, 0.6) is 0 Å². The van der Waals surface area contributed by atoms with Crippen molar-refractivity contribution < 1.29 is 19.1 Å². The van der Waals surface area contributed by atoms with Crippen molar-refractivity contribution in [3.05, 3.63) is 0 Å². The standard InChI is InChI=1S/C5H12O4P2/c1-10(11(7,8)9)4-2-3-5(10)6/h10H,2-4H2,1H3,(H2,7,8,9). The molecule has 0 atom stereocenters. The monoisotopic (exact) mass is 198 g/mol. The second-order valence-electron chi connectivity index (χ2n) is 3.09. The molecule has 0 unspecified atom stereocenters. The molecule has 0 aromatic rings. The van der Waals surface area contributed by atoms with E-state index in [1.54, 1.807) is 0 Å². The molecule has 1 aliphatic heterocycles. The van der Waals surface area contributed by atoms with Crippen molar-refractivity contribution >= 4 is 19.8 Å². The molecule has 66 valence electrons. The molecule has 0 aliphatic carbocycles. The molecule has 2 N–H and O–H groups in total. The van der Waals surface area contributed by atoms with Gasteiger partial charge in [-0.25, -0.2) is 0 Å². The summed E-state index contributed by atoms with van der Waals surface area (Å²) in [6, 6.07) is 0. The predicted octanol–water partition coefficient (Wildman–Crippen LogP) is 0.779. The van der Waals surface area contributed by atoms with Gasteiger partial charge >= 0.3 is 64.6 Å². The van der Waals surface area contributed by atoms with Crippen molar-refractivity contribution in [2.45, 2.75) is 12.8 Å². The van der Waals surface area contributed by atoms with Gasteiger partial charge in [-0.05, 0) is 0 Å². The third-order valence-corrected chi connectivity index (χ3v) is 11.7. The molecule has 6 heteroatoms. The van der Waals surface area contributed by atoms with Crippen molar-refractivity contribution in [2.75, 3.05) is 12.8 Å². The van der Waals surface area contributed by atoms with Gasteiger partial charge < -0.3 is 0 Å². The zero-order valence-electron chi connectivity index (χ0n) is 6.28. The number of hydrogen-bond donors (Lipinski definition) is 2. The molecule has 1 fully saturated rings. The minimum absolute atomic E-state index is 0.161. The van der Waals surface area contributed by atoms with Crippen molar-refractivity contribution in [3.63, 3.8) is 0 Å². The summed E-state index contributed by atoms with van der Waals surface area (Å²) in [6.07, 6.45) is 1.48. The van der Waals surface area contributed by atoms with Gasteiger partial charge in [-0.15, -0.1) is 0 Å². The molecular weight excluding hydrogens is 186 g/mol. The maximum absolute atomic E-state index is 11.1. The van der Waals surface area contributed by atoms with Gasteiger partial charge in [-0.1, -0.05) is 0 Å². The third-order valence-electron chi connectivity index (χ3n) is 2.31. The van der Waals surface area contributed by atoms with Crippen molar-refractivity contribution in [3.8, 4) is 0 Å². The van der Waals surface area contributed by atoms with Gasteiger partial charge in [0.1, 0.15) is 0 Å². The molecule has 0 bridgehead atoms. The molecule has 0 amide bonds. The molecule has 11 heavy (non-hydrogen) atoms. The summed E-state index contributed by atoms with van der Waals surface area (Å²) < 4.78 is 10.9. The average molecular weight is 198 g/mol. The molecule has 0 spiro atoms. The number of carbonyl (C=O) groups excluding carboxylic acids is 1. The van der Waals surface area contributed by atoms with Crippen molar-refractivity contribution in [2.24, 2.45) is 0 Å². The summed E-state index contributed by atoms with van der Waals surface area (Å²) in [4.78, 5) is 28.9. The molecule has 4 nitrogen and oxygen atoms in total. The van der Waals surface area contributed by atoms with Gasteiger partial charge in [-0.3, -0.25) is 0 Å². The van der Waals surface area contributed by atoms with Crippen molar-refractivity contribution in [1.82, 2.24) is 0 Å². The van der Waals surface area contributed by atoms with Crippen LogP contribution < -0.4 is 0 Å². The summed E-state index contributed by atoms with van der Waals surface area (Å²) in [5.74, 6) is 0. The molecule has 0 radical (unpaired) electrons. The van der Waals surface area contributed by atoms with Crippen molar-refractivity contribution in [1.29, 1.82) is 0 Å². The van der Waals surface area contributed by atoms with Crippen LogP contribution in [-0.2, 0) is 9.36 Å². The Bertz CT molecular complexity index is 233. The SMILES string of the molecule is C[PH]1(P(=O)(O)O)CCCC1=O. The molecule has 0 aromatic carbocycles. The summed E-state index contributed by atoms with van der Waals surface area (Å²) in [6.45, 7) is -1.37. The fourth-order valence-corrected chi connectivity index (χ4v) is 6.44. The molecule has 1 saturated heterocycles. The summed E-state index contributed by atoms with van der Waals surface area (Å²) >= 11 is 0. The van der Waals surface area contributed by atoms with Crippen LogP contribution in [-0.4, -0.2) is 28.1 Å².